The molecule has 0 aliphatic carbocycles. The first kappa shape index (κ1) is 10.7. The van der Waals surface area contributed by atoms with Gasteiger partial charge in [0.2, 0.25) is 0 Å². The predicted octanol–water partition coefficient (Wildman–Crippen LogP) is 2.41. The van der Waals surface area contributed by atoms with E-state index >= 15 is 0 Å². The van der Waals surface area contributed by atoms with Crippen LogP contribution in [0.15, 0.2) is 12.1 Å². The van der Waals surface area contributed by atoms with E-state index in [2.05, 4.69) is 6.92 Å². The highest BCUT2D eigenvalue weighted by atomic mass is 16.3. The zero-order chi connectivity index (χ0) is 10.6. The lowest BCUT2D eigenvalue weighted by Gasteiger charge is -2.06. The summed E-state index contributed by atoms with van der Waals surface area (Å²) >= 11 is 0. The van der Waals surface area contributed by atoms with E-state index in [9.17, 15) is 10.2 Å². The number of benzene rings is 1. The summed E-state index contributed by atoms with van der Waals surface area (Å²) in [5.74, 6) is 0.0783. The van der Waals surface area contributed by atoms with Crippen molar-refractivity contribution >= 4 is 5.69 Å². The first-order chi connectivity index (χ1) is 6.65. The normalized spacial score (nSPS) is 10.4. The van der Waals surface area contributed by atoms with Crippen LogP contribution in [0.1, 0.15) is 31.7 Å². The first-order valence-corrected chi connectivity index (χ1v) is 4.95. The molecule has 0 aromatic heterocycles. The summed E-state index contributed by atoms with van der Waals surface area (Å²) < 4.78 is 0. The molecule has 78 valence electrons. The lowest BCUT2D eigenvalue weighted by atomic mass is 10.1. The second-order valence-electron chi connectivity index (χ2n) is 3.50. The number of phenolic OH excluding ortho intramolecular Hbond substituents is 2. The summed E-state index contributed by atoms with van der Waals surface area (Å²) in [6.07, 6.45) is 4.13. The number of hydrogen-bond acceptors (Lipinski definition) is 3. The van der Waals surface area contributed by atoms with Crippen LogP contribution in [0.2, 0.25) is 0 Å². The van der Waals surface area contributed by atoms with E-state index < -0.39 is 0 Å². The van der Waals surface area contributed by atoms with Gasteiger partial charge < -0.3 is 15.9 Å². The fraction of sp³-hybridized carbons (Fsp3) is 0.455. The summed E-state index contributed by atoms with van der Waals surface area (Å²) in [7, 11) is 0. The molecule has 4 N–H and O–H groups in total. The van der Waals surface area contributed by atoms with Crippen molar-refractivity contribution in [2.24, 2.45) is 0 Å². The molecule has 0 aliphatic rings. The van der Waals surface area contributed by atoms with E-state index in [1.807, 2.05) is 0 Å². The van der Waals surface area contributed by atoms with Gasteiger partial charge in [-0.3, -0.25) is 0 Å². The van der Waals surface area contributed by atoms with Crippen molar-refractivity contribution in [3.63, 3.8) is 0 Å². The Bertz CT molecular complexity index is 310. The Hall–Kier alpha value is -1.38. The largest absolute Gasteiger partial charge is 0.508 e. The number of phenols is 2. The van der Waals surface area contributed by atoms with Crippen LogP contribution in [0, 0.1) is 0 Å². The van der Waals surface area contributed by atoms with E-state index in [0.29, 0.717) is 5.69 Å². The third-order valence-electron chi connectivity index (χ3n) is 2.28. The molecular formula is C11H17NO2. The summed E-state index contributed by atoms with van der Waals surface area (Å²) in [5.41, 5.74) is 6.67. The fourth-order valence-electron chi connectivity index (χ4n) is 1.41. The lowest BCUT2D eigenvalue weighted by Crippen LogP contribution is -1.91. The van der Waals surface area contributed by atoms with E-state index in [1.54, 1.807) is 6.07 Å². The molecule has 0 unspecified atom stereocenters. The SMILES string of the molecule is CCCCCc1cc(N)c(O)cc1O. The predicted molar refractivity (Wildman–Crippen MR) is 57.4 cm³/mol. The van der Waals surface area contributed by atoms with Crippen molar-refractivity contribution in [2.45, 2.75) is 32.6 Å². The van der Waals surface area contributed by atoms with Gasteiger partial charge in [0.05, 0.1) is 5.69 Å². The Morgan fingerprint density at radius 2 is 1.86 bits per heavy atom. The molecule has 0 saturated carbocycles. The van der Waals surface area contributed by atoms with E-state index in [0.717, 1.165) is 31.2 Å². The van der Waals surface area contributed by atoms with E-state index in [1.165, 1.54) is 6.07 Å². The number of aromatic hydroxyl groups is 2. The maximum absolute atomic E-state index is 9.50. The number of unbranched alkanes of at least 4 members (excludes halogenated alkanes) is 2. The van der Waals surface area contributed by atoms with Gasteiger partial charge in [-0.25, -0.2) is 0 Å². The zero-order valence-electron chi connectivity index (χ0n) is 8.45. The van der Waals surface area contributed by atoms with Crippen LogP contribution in [-0.4, -0.2) is 10.2 Å². The third-order valence-corrected chi connectivity index (χ3v) is 2.28. The van der Waals surface area contributed by atoms with Crippen molar-refractivity contribution in [1.29, 1.82) is 0 Å². The lowest BCUT2D eigenvalue weighted by molar-refractivity contribution is 0.446. The van der Waals surface area contributed by atoms with Crippen molar-refractivity contribution in [2.75, 3.05) is 5.73 Å². The number of anilines is 1. The number of rotatable bonds is 4. The summed E-state index contributed by atoms with van der Waals surface area (Å²) in [6, 6.07) is 2.94. The number of hydrogen-bond donors (Lipinski definition) is 3. The highest BCUT2D eigenvalue weighted by Gasteiger charge is 2.05. The molecule has 1 aromatic rings. The minimum atomic E-state index is -0.0539. The van der Waals surface area contributed by atoms with Crippen LogP contribution in [0.5, 0.6) is 11.5 Å². The molecule has 1 rings (SSSR count). The number of nitrogens with two attached hydrogens (primary N) is 1. The highest BCUT2D eigenvalue weighted by molar-refractivity contribution is 5.57. The Balaban J connectivity index is 2.72. The van der Waals surface area contributed by atoms with Crippen molar-refractivity contribution in [3.05, 3.63) is 17.7 Å². The molecule has 0 spiro atoms. The van der Waals surface area contributed by atoms with Crippen molar-refractivity contribution < 1.29 is 10.2 Å². The molecule has 0 amide bonds. The van der Waals surface area contributed by atoms with Gasteiger partial charge >= 0.3 is 0 Å². The van der Waals surface area contributed by atoms with Gasteiger partial charge in [-0.15, -0.1) is 0 Å². The topological polar surface area (TPSA) is 66.5 Å². The molecule has 1 aromatic carbocycles. The van der Waals surface area contributed by atoms with Crippen LogP contribution in [0.3, 0.4) is 0 Å². The maximum Gasteiger partial charge on any atom is 0.142 e. The van der Waals surface area contributed by atoms with Gasteiger partial charge in [-0.05, 0) is 24.5 Å². The average Bonchev–Trinajstić information content (AvgIpc) is 2.14. The number of nitrogen functional groups attached to an aromatic ring is 1. The smallest absolute Gasteiger partial charge is 0.142 e. The molecule has 0 saturated heterocycles. The van der Waals surface area contributed by atoms with Crippen molar-refractivity contribution in [1.82, 2.24) is 0 Å². The van der Waals surface area contributed by atoms with Gasteiger partial charge in [-0.1, -0.05) is 19.8 Å². The molecule has 0 bridgehead atoms. The van der Waals surface area contributed by atoms with Crippen LogP contribution in [0.25, 0.3) is 0 Å². The first-order valence-electron chi connectivity index (χ1n) is 4.95. The monoisotopic (exact) mass is 195 g/mol. The molecule has 0 heterocycles. The van der Waals surface area contributed by atoms with E-state index in [-0.39, 0.29) is 11.5 Å². The molecule has 3 heteroatoms. The van der Waals surface area contributed by atoms with Gasteiger partial charge in [0.25, 0.3) is 0 Å². The standard InChI is InChI=1S/C11H17NO2/c1-2-3-4-5-8-6-9(12)11(14)7-10(8)13/h6-7,13-14H,2-5,12H2,1H3. The molecule has 0 radical (unpaired) electrons. The second kappa shape index (κ2) is 4.74. The van der Waals surface area contributed by atoms with Crippen LogP contribution in [-0.2, 0) is 6.42 Å². The average molecular weight is 195 g/mol. The third kappa shape index (κ3) is 2.55. The van der Waals surface area contributed by atoms with E-state index in [4.69, 9.17) is 5.73 Å². The Morgan fingerprint density at radius 3 is 2.50 bits per heavy atom. The Kier molecular flexibility index (Phi) is 3.63. The number of aryl methyl sites for hydroxylation is 1. The van der Waals surface area contributed by atoms with Crippen LogP contribution in [0.4, 0.5) is 5.69 Å². The highest BCUT2D eigenvalue weighted by Crippen LogP contribution is 2.30. The maximum atomic E-state index is 9.50. The molecule has 0 aliphatic heterocycles. The fourth-order valence-corrected chi connectivity index (χ4v) is 1.41. The van der Waals surface area contributed by atoms with Gasteiger partial charge in [0.15, 0.2) is 0 Å². The van der Waals surface area contributed by atoms with Gasteiger partial charge in [-0.2, -0.15) is 0 Å². The Morgan fingerprint density at radius 1 is 1.14 bits per heavy atom. The minimum Gasteiger partial charge on any atom is -0.508 e. The van der Waals surface area contributed by atoms with Crippen LogP contribution < -0.4 is 5.73 Å². The van der Waals surface area contributed by atoms with Gasteiger partial charge in [0, 0.05) is 6.07 Å². The summed E-state index contributed by atoms with van der Waals surface area (Å²) in [6.45, 7) is 2.13. The minimum absolute atomic E-state index is 0.0539. The molecule has 0 fully saturated rings. The molecule has 14 heavy (non-hydrogen) atoms. The Labute approximate surface area is 84.2 Å². The molecular weight excluding hydrogens is 178 g/mol. The zero-order valence-corrected chi connectivity index (χ0v) is 8.45. The molecule has 0 atom stereocenters. The van der Waals surface area contributed by atoms with Crippen LogP contribution >= 0.6 is 0 Å². The summed E-state index contributed by atoms with van der Waals surface area (Å²) in [4.78, 5) is 0. The summed E-state index contributed by atoms with van der Waals surface area (Å²) in [5, 5.41) is 18.7. The molecule has 3 nitrogen and oxygen atoms in total. The van der Waals surface area contributed by atoms with Gasteiger partial charge in [0.1, 0.15) is 11.5 Å². The second-order valence-corrected chi connectivity index (χ2v) is 3.50. The quantitative estimate of drug-likeness (QED) is 0.299. The van der Waals surface area contributed by atoms with Crippen molar-refractivity contribution in [3.8, 4) is 11.5 Å².